The van der Waals surface area contributed by atoms with Gasteiger partial charge >= 0.3 is 0 Å². The molecule has 1 aromatic carbocycles. The van der Waals surface area contributed by atoms with Gasteiger partial charge in [-0.1, -0.05) is 23.2 Å². The molecule has 6 heteroatoms. The average molecular weight is 268 g/mol. The molecule has 0 bridgehead atoms. The molecule has 0 aliphatic carbocycles. The van der Waals surface area contributed by atoms with Crippen LogP contribution < -0.4 is 5.32 Å². The quantitative estimate of drug-likeness (QED) is 0.806. The molecule has 16 heavy (non-hydrogen) atoms. The first-order valence-electron chi connectivity index (χ1n) is 4.60. The molecule has 0 fully saturated rings. The number of aliphatic hydroxyl groups is 1. The van der Waals surface area contributed by atoms with Crippen molar-refractivity contribution in [1.82, 2.24) is 0 Å². The fourth-order valence-corrected chi connectivity index (χ4v) is 1.63. The van der Waals surface area contributed by atoms with Crippen LogP contribution >= 0.6 is 23.2 Å². The minimum absolute atomic E-state index is 0.0590. The van der Waals surface area contributed by atoms with Crippen molar-refractivity contribution in [3.05, 3.63) is 28.0 Å². The van der Waals surface area contributed by atoms with Crippen LogP contribution in [-0.2, 0) is 4.74 Å². The Labute approximate surface area is 103 Å². The summed E-state index contributed by atoms with van der Waals surface area (Å²) in [4.78, 5) is 0. The van der Waals surface area contributed by atoms with E-state index in [9.17, 15) is 9.50 Å². The van der Waals surface area contributed by atoms with E-state index in [0.717, 1.165) is 0 Å². The highest BCUT2D eigenvalue weighted by Crippen LogP contribution is 2.27. The molecule has 1 aromatic rings. The number of nitrogens with one attached hydrogen (secondary N) is 1. The van der Waals surface area contributed by atoms with Crippen LogP contribution in [0.1, 0.15) is 0 Å². The lowest BCUT2D eigenvalue weighted by molar-refractivity contribution is 0.0727. The summed E-state index contributed by atoms with van der Waals surface area (Å²) < 4.78 is 17.8. The molecular formula is C10H12Cl2FNO2. The largest absolute Gasteiger partial charge is 0.389 e. The van der Waals surface area contributed by atoms with Crippen LogP contribution in [0.5, 0.6) is 0 Å². The van der Waals surface area contributed by atoms with Crippen molar-refractivity contribution in [2.45, 2.75) is 6.10 Å². The smallest absolute Gasteiger partial charge is 0.160 e. The lowest BCUT2D eigenvalue weighted by Gasteiger charge is -2.12. The second kappa shape index (κ2) is 6.25. The molecule has 0 aliphatic rings. The van der Waals surface area contributed by atoms with Crippen LogP contribution in [0.3, 0.4) is 0 Å². The zero-order chi connectivity index (χ0) is 12.1. The minimum Gasteiger partial charge on any atom is -0.389 e. The summed E-state index contributed by atoms with van der Waals surface area (Å²) in [6.45, 7) is 0.488. The first-order valence-corrected chi connectivity index (χ1v) is 5.35. The van der Waals surface area contributed by atoms with Gasteiger partial charge in [-0.25, -0.2) is 4.39 Å². The number of hydrogen-bond acceptors (Lipinski definition) is 3. The van der Waals surface area contributed by atoms with Crippen molar-refractivity contribution in [2.24, 2.45) is 0 Å². The summed E-state index contributed by atoms with van der Waals surface area (Å²) >= 11 is 11.2. The van der Waals surface area contributed by atoms with Crippen molar-refractivity contribution in [3.63, 3.8) is 0 Å². The Balaban J connectivity index is 2.61. The van der Waals surface area contributed by atoms with Crippen LogP contribution in [-0.4, -0.2) is 31.5 Å². The highest BCUT2D eigenvalue weighted by atomic mass is 35.5. The third-order valence-corrected chi connectivity index (χ3v) is 2.43. The zero-order valence-electron chi connectivity index (χ0n) is 8.64. The van der Waals surface area contributed by atoms with Gasteiger partial charge < -0.3 is 15.2 Å². The average Bonchev–Trinajstić information content (AvgIpc) is 2.23. The Kier molecular flexibility index (Phi) is 5.28. The summed E-state index contributed by atoms with van der Waals surface area (Å²) in [5, 5.41) is 12.1. The molecule has 0 radical (unpaired) electrons. The van der Waals surface area contributed by atoms with Crippen molar-refractivity contribution in [1.29, 1.82) is 0 Å². The van der Waals surface area contributed by atoms with E-state index in [-0.39, 0.29) is 23.2 Å². The zero-order valence-corrected chi connectivity index (χ0v) is 10.1. The van der Waals surface area contributed by atoms with Crippen LogP contribution in [0.2, 0.25) is 10.0 Å². The summed E-state index contributed by atoms with van der Waals surface area (Å²) in [7, 11) is 1.49. The second-order valence-electron chi connectivity index (χ2n) is 3.24. The normalized spacial score (nSPS) is 12.6. The highest BCUT2D eigenvalue weighted by Gasteiger charge is 2.08. The summed E-state index contributed by atoms with van der Waals surface area (Å²) in [6.07, 6.45) is -0.646. The maximum Gasteiger partial charge on any atom is 0.160 e. The topological polar surface area (TPSA) is 41.5 Å². The van der Waals surface area contributed by atoms with Gasteiger partial charge in [-0.05, 0) is 12.1 Å². The van der Waals surface area contributed by atoms with E-state index in [1.54, 1.807) is 0 Å². The Morgan fingerprint density at radius 2 is 2.00 bits per heavy atom. The van der Waals surface area contributed by atoms with Gasteiger partial charge in [-0.3, -0.25) is 0 Å². The van der Waals surface area contributed by atoms with Crippen molar-refractivity contribution >= 4 is 28.9 Å². The Bertz CT molecular complexity index is 340. The molecule has 2 N–H and O–H groups in total. The number of rotatable bonds is 5. The molecule has 0 amide bonds. The van der Waals surface area contributed by atoms with Crippen molar-refractivity contribution in [3.8, 4) is 0 Å². The lowest BCUT2D eigenvalue weighted by atomic mass is 10.3. The van der Waals surface area contributed by atoms with E-state index in [1.165, 1.54) is 19.2 Å². The van der Waals surface area contributed by atoms with E-state index in [2.05, 4.69) is 5.32 Å². The van der Waals surface area contributed by atoms with Crippen LogP contribution in [0.4, 0.5) is 10.1 Å². The van der Waals surface area contributed by atoms with E-state index in [4.69, 9.17) is 27.9 Å². The predicted molar refractivity (Wildman–Crippen MR) is 62.8 cm³/mol. The van der Waals surface area contributed by atoms with Crippen molar-refractivity contribution < 1.29 is 14.2 Å². The summed E-state index contributed by atoms with van der Waals surface area (Å²) in [5.41, 5.74) is 0.548. The first-order chi connectivity index (χ1) is 7.54. The SMILES string of the molecule is COCC(O)CNc1cc(Cl)c(F)c(Cl)c1. The fraction of sp³-hybridized carbons (Fsp3) is 0.400. The molecule has 0 saturated carbocycles. The number of aliphatic hydroxyl groups excluding tert-OH is 1. The maximum atomic E-state index is 13.1. The van der Waals surface area contributed by atoms with Gasteiger partial charge in [0.2, 0.25) is 0 Å². The van der Waals surface area contributed by atoms with Crippen molar-refractivity contribution in [2.75, 3.05) is 25.6 Å². The maximum absolute atomic E-state index is 13.1. The second-order valence-corrected chi connectivity index (χ2v) is 4.06. The van der Waals surface area contributed by atoms with Gasteiger partial charge in [0, 0.05) is 19.3 Å². The van der Waals surface area contributed by atoms with E-state index in [1.807, 2.05) is 0 Å². The third-order valence-electron chi connectivity index (χ3n) is 1.88. The van der Waals surface area contributed by atoms with Crippen LogP contribution in [0.25, 0.3) is 0 Å². The number of hydrogen-bond donors (Lipinski definition) is 2. The first kappa shape index (κ1) is 13.5. The molecule has 1 atom stereocenters. The molecule has 1 rings (SSSR count). The van der Waals surface area contributed by atoms with E-state index in [0.29, 0.717) is 5.69 Å². The Morgan fingerprint density at radius 1 is 1.44 bits per heavy atom. The number of ether oxygens (including phenoxy) is 1. The van der Waals surface area contributed by atoms with Gasteiger partial charge in [0.1, 0.15) is 0 Å². The summed E-state index contributed by atoms with van der Waals surface area (Å²) in [6, 6.07) is 2.81. The van der Waals surface area contributed by atoms with Gasteiger partial charge in [0.15, 0.2) is 5.82 Å². The molecular weight excluding hydrogens is 256 g/mol. The summed E-state index contributed by atoms with van der Waals surface area (Å²) in [5.74, 6) is -0.647. The lowest BCUT2D eigenvalue weighted by Crippen LogP contribution is -2.24. The van der Waals surface area contributed by atoms with Crippen LogP contribution in [0.15, 0.2) is 12.1 Å². The van der Waals surface area contributed by atoms with Gasteiger partial charge in [-0.15, -0.1) is 0 Å². The van der Waals surface area contributed by atoms with Gasteiger partial charge in [0.25, 0.3) is 0 Å². The predicted octanol–water partition coefficient (Wildman–Crippen LogP) is 2.55. The standard InChI is InChI=1S/C10H12Cl2FNO2/c1-16-5-7(15)4-14-6-2-8(11)10(13)9(12)3-6/h2-3,7,14-15H,4-5H2,1H3. The third kappa shape index (κ3) is 3.79. The van der Waals surface area contributed by atoms with Gasteiger partial charge in [-0.2, -0.15) is 0 Å². The fourth-order valence-electron chi connectivity index (χ4n) is 1.14. The molecule has 0 heterocycles. The minimum atomic E-state index is -0.647. The molecule has 0 spiro atoms. The molecule has 90 valence electrons. The number of halogens is 3. The Hall–Kier alpha value is -0.550. The van der Waals surface area contributed by atoms with E-state index >= 15 is 0 Å². The van der Waals surface area contributed by atoms with Gasteiger partial charge in [0.05, 0.1) is 22.8 Å². The highest BCUT2D eigenvalue weighted by molar-refractivity contribution is 6.35. The molecule has 0 aliphatic heterocycles. The number of benzene rings is 1. The molecule has 3 nitrogen and oxygen atoms in total. The monoisotopic (exact) mass is 267 g/mol. The molecule has 1 unspecified atom stereocenters. The Morgan fingerprint density at radius 3 is 2.50 bits per heavy atom. The number of anilines is 1. The number of methoxy groups -OCH3 is 1. The van der Waals surface area contributed by atoms with E-state index < -0.39 is 11.9 Å². The molecule has 0 aromatic heterocycles. The molecule has 0 saturated heterocycles. The van der Waals surface area contributed by atoms with Crippen LogP contribution in [0, 0.1) is 5.82 Å².